The van der Waals surface area contributed by atoms with Crippen LogP contribution in [0.15, 0.2) is 42.5 Å². The van der Waals surface area contributed by atoms with Gasteiger partial charge in [-0.3, -0.25) is 24.0 Å². The molecule has 1 fully saturated rings. The van der Waals surface area contributed by atoms with Crippen molar-refractivity contribution in [3.05, 3.63) is 53.6 Å². The maximum atomic E-state index is 13.0. The van der Waals surface area contributed by atoms with Crippen molar-refractivity contribution in [1.29, 1.82) is 0 Å². The van der Waals surface area contributed by atoms with E-state index in [1.54, 1.807) is 24.3 Å². The number of aromatic hydroxyl groups is 1. The third-order valence-electron chi connectivity index (χ3n) is 6.13. The summed E-state index contributed by atoms with van der Waals surface area (Å²) in [5, 5.41) is 10.7. The van der Waals surface area contributed by atoms with Crippen LogP contribution in [0.3, 0.4) is 0 Å². The molecule has 13 heteroatoms. The van der Waals surface area contributed by atoms with Crippen LogP contribution in [0.5, 0.6) is 17.2 Å². The van der Waals surface area contributed by atoms with E-state index in [2.05, 4.69) is 0 Å². The second-order valence-electron chi connectivity index (χ2n) is 10.3. The lowest BCUT2D eigenvalue weighted by Crippen LogP contribution is -2.63. The highest BCUT2D eigenvalue weighted by molar-refractivity contribution is 6.00. The Bertz CT molecular complexity index is 1350. The molecule has 1 aliphatic heterocycles. The molecule has 0 radical (unpaired) electrons. The van der Waals surface area contributed by atoms with E-state index in [9.17, 15) is 29.1 Å². The number of ether oxygens (including phenoxy) is 7. The monoisotopic (exact) mass is 616 g/mol. The number of phenolic OH excluding ortho intramolecular Hbond substituents is 1. The van der Waals surface area contributed by atoms with E-state index in [4.69, 9.17) is 33.2 Å². The van der Waals surface area contributed by atoms with Crippen LogP contribution in [-0.4, -0.2) is 78.2 Å². The number of ketones is 1. The van der Waals surface area contributed by atoms with Gasteiger partial charge in [-0.05, 0) is 43.7 Å². The normalized spacial score (nSPS) is 21.1. The predicted molar refractivity (Wildman–Crippen MR) is 151 cm³/mol. The molecule has 0 spiro atoms. The molecule has 238 valence electrons. The summed E-state index contributed by atoms with van der Waals surface area (Å²) >= 11 is 0. The van der Waals surface area contributed by atoms with Crippen LogP contribution in [0.2, 0.25) is 0 Å². The Kier molecular flexibility index (Phi) is 11.7. The SMILES string of the molecule is CC(=O)OC[C@H]1O[C@@H](Oc2ccc(C(=O)Cc3ccc(OC(C)C)cc3)c(O)c2)[C@H](OC(C)=O)[C@@H](OC(C)=O)[C@@H]1OC(C)=O. The van der Waals surface area contributed by atoms with Gasteiger partial charge in [-0.2, -0.15) is 0 Å². The lowest BCUT2D eigenvalue weighted by Gasteiger charge is -2.43. The smallest absolute Gasteiger partial charge is 0.303 e. The first-order chi connectivity index (χ1) is 20.7. The first-order valence-corrected chi connectivity index (χ1v) is 13.8. The van der Waals surface area contributed by atoms with E-state index in [-0.39, 0.29) is 29.6 Å². The van der Waals surface area contributed by atoms with E-state index in [0.717, 1.165) is 27.7 Å². The highest BCUT2D eigenvalue weighted by Crippen LogP contribution is 2.33. The fraction of sp³-hybridized carbons (Fsp3) is 0.452. The van der Waals surface area contributed by atoms with Crippen LogP contribution in [0, 0.1) is 0 Å². The number of esters is 4. The average Bonchev–Trinajstić information content (AvgIpc) is 2.91. The fourth-order valence-corrected chi connectivity index (χ4v) is 4.48. The van der Waals surface area contributed by atoms with Crippen molar-refractivity contribution >= 4 is 29.7 Å². The summed E-state index contributed by atoms with van der Waals surface area (Å²) in [6.45, 7) is 7.85. The molecule has 0 aromatic heterocycles. The summed E-state index contributed by atoms with van der Waals surface area (Å²) in [5.74, 6) is -3.11. The molecule has 13 nitrogen and oxygen atoms in total. The molecule has 2 aromatic rings. The topological polar surface area (TPSA) is 170 Å². The highest BCUT2D eigenvalue weighted by Gasteiger charge is 2.53. The van der Waals surface area contributed by atoms with Crippen molar-refractivity contribution in [3.8, 4) is 17.2 Å². The molecule has 2 aromatic carbocycles. The zero-order valence-corrected chi connectivity index (χ0v) is 25.3. The lowest BCUT2D eigenvalue weighted by molar-refractivity contribution is -0.288. The van der Waals surface area contributed by atoms with Gasteiger partial charge in [-0.1, -0.05) is 12.1 Å². The Hall–Kier alpha value is -4.65. The second-order valence-corrected chi connectivity index (χ2v) is 10.3. The molecule has 5 atom stereocenters. The number of hydrogen-bond donors (Lipinski definition) is 1. The van der Waals surface area contributed by atoms with Crippen molar-refractivity contribution in [2.75, 3.05) is 6.61 Å². The molecule has 1 N–H and O–H groups in total. The van der Waals surface area contributed by atoms with Crippen LogP contribution in [0.1, 0.15) is 57.5 Å². The molecular weight excluding hydrogens is 580 g/mol. The van der Waals surface area contributed by atoms with E-state index in [1.165, 1.54) is 18.2 Å². The van der Waals surface area contributed by atoms with Gasteiger partial charge in [0.05, 0.1) is 11.7 Å². The number of carbonyl (C=O) groups is 5. The molecule has 0 unspecified atom stereocenters. The number of carbonyl (C=O) groups excluding carboxylic acids is 5. The van der Waals surface area contributed by atoms with Crippen LogP contribution in [0.4, 0.5) is 0 Å². The summed E-state index contributed by atoms with van der Waals surface area (Å²) in [4.78, 5) is 60.4. The van der Waals surface area contributed by atoms with Gasteiger partial charge >= 0.3 is 23.9 Å². The zero-order valence-electron chi connectivity index (χ0n) is 25.3. The minimum Gasteiger partial charge on any atom is -0.507 e. The molecule has 0 aliphatic carbocycles. The average molecular weight is 617 g/mol. The maximum absolute atomic E-state index is 13.0. The van der Waals surface area contributed by atoms with Crippen molar-refractivity contribution in [3.63, 3.8) is 0 Å². The van der Waals surface area contributed by atoms with Gasteiger partial charge in [0.15, 0.2) is 18.0 Å². The van der Waals surface area contributed by atoms with Gasteiger partial charge in [-0.15, -0.1) is 0 Å². The quantitative estimate of drug-likeness (QED) is 0.210. The maximum Gasteiger partial charge on any atom is 0.303 e. The summed E-state index contributed by atoms with van der Waals surface area (Å²) in [6, 6.07) is 10.9. The first-order valence-electron chi connectivity index (χ1n) is 13.8. The standard InChI is InChI=1S/C31H36O13/c1-16(2)39-22-9-7-21(8-10-22)13-25(36)24-12-11-23(14-26(24)37)43-31-30(42-20(6)35)29(41-19(5)34)28(40-18(4)33)27(44-31)15-38-17(3)32/h7-12,14,16,27-31,37H,13,15H2,1-6H3/t27-,28-,29+,30-,31-/m1/s1. The Morgan fingerprint density at radius 3 is 1.89 bits per heavy atom. The van der Waals surface area contributed by atoms with Crippen molar-refractivity contribution in [1.82, 2.24) is 0 Å². The minimum atomic E-state index is -1.50. The van der Waals surface area contributed by atoms with Gasteiger partial charge in [0.2, 0.25) is 12.4 Å². The highest BCUT2D eigenvalue weighted by atomic mass is 16.7. The summed E-state index contributed by atoms with van der Waals surface area (Å²) < 4.78 is 38.6. The van der Waals surface area contributed by atoms with E-state index >= 15 is 0 Å². The molecule has 3 rings (SSSR count). The van der Waals surface area contributed by atoms with Gasteiger partial charge in [-0.25, -0.2) is 0 Å². The Morgan fingerprint density at radius 1 is 0.773 bits per heavy atom. The number of rotatable bonds is 12. The summed E-state index contributed by atoms with van der Waals surface area (Å²) in [5.41, 5.74) is 0.740. The number of hydrogen-bond acceptors (Lipinski definition) is 13. The van der Waals surface area contributed by atoms with Crippen molar-refractivity contribution in [2.45, 2.75) is 84.8 Å². The molecule has 1 saturated heterocycles. The number of Topliss-reactive ketones (excluding diaryl/α,β-unsaturated/α-hetero) is 1. The van der Waals surface area contributed by atoms with E-state index in [1.807, 2.05) is 13.8 Å². The minimum absolute atomic E-state index is 0.00450. The zero-order chi connectivity index (χ0) is 32.6. The fourth-order valence-electron chi connectivity index (χ4n) is 4.48. The Balaban J connectivity index is 1.86. The van der Waals surface area contributed by atoms with Gasteiger partial charge in [0.25, 0.3) is 0 Å². The molecule has 1 aliphatic rings. The molecule has 0 saturated carbocycles. The van der Waals surface area contributed by atoms with Crippen LogP contribution >= 0.6 is 0 Å². The van der Waals surface area contributed by atoms with Gasteiger partial charge in [0, 0.05) is 40.2 Å². The van der Waals surface area contributed by atoms with Crippen LogP contribution < -0.4 is 9.47 Å². The molecule has 0 bridgehead atoms. The van der Waals surface area contributed by atoms with Gasteiger partial charge < -0.3 is 38.3 Å². The third-order valence-corrected chi connectivity index (χ3v) is 6.13. The predicted octanol–water partition coefficient (Wildman–Crippen LogP) is 3.07. The number of phenols is 1. The van der Waals surface area contributed by atoms with Crippen molar-refractivity contribution < 1.29 is 62.2 Å². The third kappa shape index (κ3) is 9.69. The largest absolute Gasteiger partial charge is 0.507 e. The van der Waals surface area contributed by atoms with E-state index in [0.29, 0.717) is 11.3 Å². The molecule has 44 heavy (non-hydrogen) atoms. The summed E-state index contributed by atoms with van der Waals surface area (Å²) in [6.07, 6.45) is -6.92. The van der Waals surface area contributed by atoms with Crippen LogP contribution in [-0.2, 0) is 49.3 Å². The molecular formula is C31H36O13. The van der Waals surface area contributed by atoms with Crippen molar-refractivity contribution in [2.24, 2.45) is 0 Å². The van der Waals surface area contributed by atoms with E-state index < -0.39 is 66.9 Å². The Labute approximate surface area is 254 Å². The summed E-state index contributed by atoms with van der Waals surface area (Å²) in [7, 11) is 0. The lowest BCUT2D eigenvalue weighted by atomic mass is 9.98. The Morgan fingerprint density at radius 2 is 1.34 bits per heavy atom. The van der Waals surface area contributed by atoms with Gasteiger partial charge in [0.1, 0.15) is 30.0 Å². The molecule has 0 amide bonds. The van der Waals surface area contributed by atoms with Crippen LogP contribution in [0.25, 0.3) is 0 Å². The second kappa shape index (κ2) is 15.2. The number of benzene rings is 2. The first kappa shape index (κ1) is 33.8. The molecule has 1 heterocycles.